The number of hydrogen-bond donors (Lipinski definition) is 11. The molecule has 4 heterocycles. The van der Waals surface area contributed by atoms with Gasteiger partial charge < -0.3 is 25.4 Å². The van der Waals surface area contributed by atoms with E-state index in [1.165, 1.54) is 284 Å². The SMILES string of the molecule is CCCCCCCCCCC(CCCCCCCC)CNC(=O)NNc1nc(SCc2cccc(NC(C)=O)c2)ns1.CCCCCCCCCCCCOCCCNC(=O)NNc1nc(SCCSOOC)ns1.COC=Nc1cc(Sc2nsc(NNC(C)=O)n2)ccc1C.COOSc1nsc(NNC(C)=O)n1. The number of carbonyl (C=O) groups excluding carboxylic acids is 5. The van der Waals surface area contributed by atoms with Crippen LogP contribution in [-0.4, -0.2) is 133 Å². The summed E-state index contributed by atoms with van der Waals surface area (Å²) in [6.07, 6.45) is 36.3. The van der Waals surface area contributed by atoms with Gasteiger partial charge in [-0.1, -0.05) is 210 Å². The highest BCUT2D eigenvalue weighted by molar-refractivity contribution is 8.01. The highest BCUT2D eigenvalue weighted by Gasteiger charge is 2.15. The predicted octanol–water partition coefficient (Wildman–Crippen LogP) is 18.5. The Morgan fingerprint density at radius 2 is 1.00 bits per heavy atom. The summed E-state index contributed by atoms with van der Waals surface area (Å²) in [7, 11) is 4.41. The van der Waals surface area contributed by atoms with Gasteiger partial charge in [0, 0.05) is 133 Å². The lowest BCUT2D eigenvalue weighted by Gasteiger charge is -2.18. The normalized spacial score (nSPS) is 11.0. The first-order chi connectivity index (χ1) is 54.1. The van der Waals surface area contributed by atoms with E-state index in [9.17, 15) is 24.0 Å². The smallest absolute Gasteiger partial charge is 0.333 e. The van der Waals surface area contributed by atoms with Gasteiger partial charge in [-0.25, -0.2) is 35.2 Å². The summed E-state index contributed by atoms with van der Waals surface area (Å²) in [6.45, 7) is 15.8. The summed E-state index contributed by atoms with van der Waals surface area (Å²) in [5.74, 6) is 2.26. The summed E-state index contributed by atoms with van der Waals surface area (Å²) in [6, 6.07) is 13.1. The second-order valence-corrected chi connectivity index (χ2v) is 32.4. The maximum absolute atomic E-state index is 12.5. The molecule has 0 fully saturated rings. The van der Waals surface area contributed by atoms with Gasteiger partial charge in [0.1, 0.15) is 12.0 Å². The van der Waals surface area contributed by atoms with Crippen LogP contribution in [0, 0.1) is 12.8 Å². The Labute approximate surface area is 693 Å². The molecule has 6 aromatic rings. The topological polar surface area (TPSA) is 389 Å². The summed E-state index contributed by atoms with van der Waals surface area (Å²) >= 11 is 11.2. The third kappa shape index (κ3) is 54.3. The van der Waals surface area contributed by atoms with Crippen molar-refractivity contribution in [3.05, 3.63) is 53.6 Å². The molecule has 40 heteroatoms. The zero-order chi connectivity index (χ0) is 80.4. The number of methoxy groups -OCH3 is 1. The van der Waals surface area contributed by atoms with Crippen molar-refractivity contribution in [2.45, 2.75) is 253 Å². The Morgan fingerprint density at radius 3 is 1.54 bits per heavy atom. The van der Waals surface area contributed by atoms with Crippen molar-refractivity contribution < 1.29 is 51.9 Å². The van der Waals surface area contributed by atoms with Crippen LogP contribution in [0.15, 0.2) is 73.0 Å². The van der Waals surface area contributed by atoms with Gasteiger partial charge in [-0.3, -0.25) is 46.9 Å². The summed E-state index contributed by atoms with van der Waals surface area (Å²) in [5.41, 5.74) is 24.8. The van der Waals surface area contributed by atoms with E-state index in [-0.39, 0.29) is 29.8 Å². The standard InChI is InChI=1S/C32H54N6O2S2.C21H41N5O4S3.C13H15N5O2S2.C5H8N4O3S2/c1-4-6-8-10-12-13-15-17-20-27(19-16-14-11-9-7-5-2)24-33-30(40)36-37-31-35-32(38-42-31)41-25-28-21-18-22-29(23-28)34-26(3)39;1-3-4-5-6-7-8-9-10-11-12-15-29-16-13-14-22-19(27)24-25-20-23-21(26-33-20)31-17-18-32-30-28-2;1-8-4-5-10(6-11(8)14-7-20-3)21-13-15-12(22-18-13)17-16-9(2)19;1-3(10)7-8-4-6-5(9-13-4)14-12-11-2/h18,21-23,27H,4-17,19-20,24-25H2,1-3H3,(H,34,39)(H2,33,36,40)(H,35,37,38);3-18H2,1-2H3,(H2,22,24,27)(H,23,25,26);4-7H,1-3H3,(H,16,19)(H,15,17,18);1-2H3,(H,7,10)(H,6,8,9). The number of amides is 7. The maximum Gasteiger partial charge on any atom is 0.333 e. The van der Waals surface area contributed by atoms with Crippen LogP contribution in [-0.2, 0) is 48.1 Å². The second kappa shape index (κ2) is 67.2. The fraction of sp³-hybridized carbons (Fsp3) is 0.634. The Bertz CT molecular complexity index is 3420. The number of ether oxygens (including phenoxy) is 2. The van der Waals surface area contributed by atoms with Crippen LogP contribution >= 0.6 is 106 Å². The van der Waals surface area contributed by atoms with Gasteiger partial charge in [0.2, 0.25) is 58.9 Å². The van der Waals surface area contributed by atoms with Crippen LogP contribution in [0.2, 0.25) is 0 Å². The first-order valence-corrected chi connectivity index (χ1v) is 45.3. The molecule has 31 nitrogen and oxygen atoms in total. The fourth-order valence-corrected chi connectivity index (χ4v) is 15.5. The van der Waals surface area contributed by atoms with Gasteiger partial charge in [-0.15, -0.1) is 0 Å². The van der Waals surface area contributed by atoms with Crippen LogP contribution < -0.4 is 59.4 Å². The van der Waals surface area contributed by atoms with Gasteiger partial charge >= 0.3 is 12.1 Å². The molecular weight excluding hydrogens is 1600 g/mol. The number of anilines is 5. The van der Waals surface area contributed by atoms with E-state index in [1.54, 1.807) is 7.11 Å². The molecule has 7 amide bonds. The van der Waals surface area contributed by atoms with E-state index in [4.69, 9.17) is 13.8 Å². The molecule has 4 aromatic heterocycles. The Kier molecular flexibility index (Phi) is 60.0. The minimum atomic E-state index is -0.304. The monoisotopic (exact) mass is 1710 g/mol. The first-order valence-electron chi connectivity index (χ1n) is 37.8. The van der Waals surface area contributed by atoms with Crippen LogP contribution in [0.4, 0.5) is 41.5 Å². The highest BCUT2D eigenvalue weighted by Crippen LogP contribution is 2.32. The molecule has 0 spiro atoms. The molecule has 0 saturated carbocycles. The van der Waals surface area contributed by atoms with Crippen molar-refractivity contribution >= 4 is 174 Å². The van der Waals surface area contributed by atoms with Gasteiger partial charge in [-0.2, -0.15) is 46.1 Å². The fourth-order valence-electron chi connectivity index (χ4n) is 9.77. The molecule has 0 radical (unpaired) electrons. The lowest BCUT2D eigenvalue weighted by atomic mass is 9.94. The lowest BCUT2D eigenvalue weighted by molar-refractivity contribution is -0.160. The summed E-state index contributed by atoms with van der Waals surface area (Å²) in [4.78, 5) is 88.0. The highest BCUT2D eigenvalue weighted by atomic mass is 32.2. The number of hydrogen-bond acceptors (Lipinski definition) is 33. The molecule has 2 aromatic carbocycles. The van der Waals surface area contributed by atoms with Crippen molar-refractivity contribution in [3.8, 4) is 0 Å². The molecule has 622 valence electrons. The number of urea groups is 2. The summed E-state index contributed by atoms with van der Waals surface area (Å²) in [5, 5.41) is 13.0. The van der Waals surface area contributed by atoms with E-state index in [1.807, 2.05) is 49.4 Å². The summed E-state index contributed by atoms with van der Waals surface area (Å²) < 4.78 is 36.5. The van der Waals surface area contributed by atoms with E-state index in [0.717, 1.165) is 81.9 Å². The third-order valence-corrected chi connectivity index (χ3v) is 22.3. The van der Waals surface area contributed by atoms with Crippen molar-refractivity contribution in [2.75, 3.05) is 86.2 Å². The zero-order valence-electron chi connectivity index (χ0n) is 65.9. The number of rotatable bonds is 58. The number of unbranched alkanes of at least 4 members (excludes halogenated alkanes) is 21. The van der Waals surface area contributed by atoms with Gasteiger partial charge in [0.25, 0.3) is 0 Å². The number of thioether (sulfide) groups is 2. The molecular formula is C71H118N20O11S9. The van der Waals surface area contributed by atoms with Crippen LogP contribution in [0.5, 0.6) is 0 Å². The minimum Gasteiger partial charge on any atom is -0.486 e. The van der Waals surface area contributed by atoms with E-state index < -0.39 is 0 Å². The largest absolute Gasteiger partial charge is 0.486 e. The molecule has 0 aliphatic carbocycles. The predicted molar refractivity (Wildman–Crippen MR) is 457 cm³/mol. The van der Waals surface area contributed by atoms with E-state index in [0.29, 0.717) is 72.5 Å². The number of hydrazine groups is 4. The Hall–Kier alpha value is -6.15. The molecule has 111 heavy (non-hydrogen) atoms. The molecule has 6 rings (SSSR count). The number of aliphatic imine (C=N–C) groups is 1. The number of nitrogens with one attached hydrogen (secondary N) is 11. The average molecular weight is 1720 g/mol. The maximum atomic E-state index is 12.5. The molecule has 0 aliphatic heterocycles. The number of aromatic nitrogens is 8. The molecule has 0 bridgehead atoms. The van der Waals surface area contributed by atoms with Gasteiger partial charge in [0.15, 0.2) is 6.40 Å². The van der Waals surface area contributed by atoms with Crippen molar-refractivity contribution in [1.29, 1.82) is 0 Å². The quantitative estimate of drug-likeness (QED) is 0.00321. The van der Waals surface area contributed by atoms with Crippen molar-refractivity contribution in [2.24, 2.45) is 10.9 Å². The number of carbonyl (C=O) groups is 5. The molecule has 1 unspecified atom stereocenters. The minimum absolute atomic E-state index is 0.0925. The van der Waals surface area contributed by atoms with E-state index in [2.05, 4.69) is 137 Å². The van der Waals surface area contributed by atoms with Crippen LogP contribution in [0.3, 0.4) is 0 Å². The second-order valence-electron chi connectivity index (χ2n) is 24.9. The Balaban J connectivity index is 0.000000409. The van der Waals surface area contributed by atoms with Crippen molar-refractivity contribution in [1.82, 2.24) is 69.8 Å². The number of benzene rings is 2. The molecule has 0 aliphatic rings. The van der Waals surface area contributed by atoms with Crippen LogP contribution in [0.1, 0.15) is 226 Å². The van der Waals surface area contributed by atoms with Gasteiger partial charge in [0.05, 0.1) is 27.0 Å². The first kappa shape index (κ1) is 99.0. The molecule has 0 saturated heterocycles. The number of nitrogens with zero attached hydrogens (tertiary/aromatic N) is 9. The van der Waals surface area contributed by atoms with Crippen molar-refractivity contribution in [3.63, 3.8) is 0 Å². The third-order valence-electron chi connectivity index (χ3n) is 15.3. The van der Waals surface area contributed by atoms with E-state index >= 15 is 0 Å². The zero-order valence-corrected chi connectivity index (χ0v) is 73.3. The molecule has 11 N–H and O–H groups in total. The Morgan fingerprint density at radius 1 is 0.514 bits per heavy atom. The molecule has 1 atom stereocenters. The van der Waals surface area contributed by atoms with Gasteiger partial charge in [-0.05, 0) is 85.7 Å². The average Bonchev–Trinajstić information content (AvgIpc) is 1.85. The van der Waals surface area contributed by atoms with Crippen LogP contribution in [0.25, 0.3) is 0 Å². The number of aryl methyl sites for hydroxylation is 1. The lowest BCUT2D eigenvalue weighted by Crippen LogP contribution is -2.41.